The van der Waals surface area contributed by atoms with Crippen molar-refractivity contribution in [2.75, 3.05) is 11.5 Å². The van der Waals surface area contributed by atoms with Crippen LogP contribution in [-0.2, 0) is 14.3 Å². The van der Waals surface area contributed by atoms with Gasteiger partial charge in [-0.2, -0.15) is 0 Å². The van der Waals surface area contributed by atoms with Gasteiger partial charge in [0.1, 0.15) is 5.75 Å². The van der Waals surface area contributed by atoms with Gasteiger partial charge in [0.2, 0.25) is 0 Å². The Morgan fingerprint density at radius 2 is 1.28 bits per heavy atom. The van der Waals surface area contributed by atoms with Crippen molar-refractivity contribution in [1.29, 1.82) is 0 Å². The van der Waals surface area contributed by atoms with E-state index in [1.54, 1.807) is 12.1 Å². The molecule has 3 rings (SSSR count). The van der Waals surface area contributed by atoms with Gasteiger partial charge in [-0.15, -0.1) is 0 Å². The maximum absolute atomic E-state index is 11.9. The standard InChI is InChI=1S/C23H20NO4P/c1-17(29)23(26)27-16-22(25)28-21-14-12-20(13-15-21)24(18-8-4-2-5-9-18)19-10-6-3-7-11-19/h2-15H,1,16,29H2. The van der Waals surface area contributed by atoms with E-state index in [-0.39, 0.29) is 5.31 Å². The van der Waals surface area contributed by atoms with Gasteiger partial charge < -0.3 is 14.4 Å². The molecule has 0 N–H and O–H groups in total. The van der Waals surface area contributed by atoms with Crippen molar-refractivity contribution in [3.63, 3.8) is 0 Å². The first-order valence-electron chi connectivity index (χ1n) is 8.87. The molecule has 1 atom stereocenters. The fourth-order valence-corrected chi connectivity index (χ4v) is 2.73. The average molecular weight is 405 g/mol. The molecule has 0 radical (unpaired) electrons. The highest BCUT2D eigenvalue weighted by Gasteiger charge is 2.13. The third kappa shape index (κ3) is 5.53. The molecule has 6 heteroatoms. The third-order valence-electron chi connectivity index (χ3n) is 3.94. The van der Waals surface area contributed by atoms with Crippen molar-refractivity contribution in [2.45, 2.75) is 0 Å². The summed E-state index contributed by atoms with van der Waals surface area (Å²) in [6.45, 7) is 2.95. The molecule has 0 spiro atoms. The van der Waals surface area contributed by atoms with Crippen molar-refractivity contribution < 1.29 is 19.1 Å². The Kier molecular flexibility index (Phi) is 6.77. The molecule has 0 aliphatic heterocycles. The highest BCUT2D eigenvalue weighted by molar-refractivity contribution is 7.24. The molecule has 0 saturated heterocycles. The summed E-state index contributed by atoms with van der Waals surface area (Å²) >= 11 is 0. The van der Waals surface area contributed by atoms with E-state index in [1.165, 1.54) is 0 Å². The lowest BCUT2D eigenvalue weighted by Gasteiger charge is -2.25. The number of carbonyl (C=O) groups excluding carboxylic acids is 2. The van der Waals surface area contributed by atoms with Crippen molar-refractivity contribution in [2.24, 2.45) is 0 Å². The van der Waals surface area contributed by atoms with Gasteiger partial charge in [-0.05, 0) is 48.5 Å². The van der Waals surface area contributed by atoms with E-state index in [0.717, 1.165) is 17.1 Å². The van der Waals surface area contributed by atoms with Gasteiger partial charge in [-0.25, -0.2) is 9.59 Å². The molecule has 5 nitrogen and oxygen atoms in total. The van der Waals surface area contributed by atoms with Crippen LogP contribution >= 0.6 is 9.24 Å². The van der Waals surface area contributed by atoms with Crippen molar-refractivity contribution in [3.05, 3.63) is 96.8 Å². The quantitative estimate of drug-likeness (QED) is 0.240. The third-order valence-corrected chi connectivity index (χ3v) is 4.17. The Labute approximate surface area is 171 Å². The lowest BCUT2D eigenvalue weighted by atomic mass is 10.2. The van der Waals surface area contributed by atoms with Gasteiger partial charge in [0.05, 0.1) is 0 Å². The molecule has 0 fully saturated rings. The van der Waals surface area contributed by atoms with Crippen molar-refractivity contribution in [1.82, 2.24) is 0 Å². The van der Waals surface area contributed by atoms with Gasteiger partial charge in [0.25, 0.3) is 0 Å². The Hall–Kier alpha value is -3.43. The smallest absolute Gasteiger partial charge is 0.349 e. The van der Waals surface area contributed by atoms with E-state index < -0.39 is 18.5 Å². The molecule has 1 unspecified atom stereocenters. The molecule has 0 aliphatic rings. The molecule has 0 heterocycles. The molecule has 3 aromatic rings. The molecule has 3 aromatic carbocycles. The molecule has 0 aliphatic carbocycles. The largest absolute Gasteiger partial charge is 0.450 e. The summed E-state index contributed by atoms with van der Waals surface area (Å²) in [6, 6.07) is 27.1. The molecule has 29 heavy (non-hydrogen) atoms. The first-order valence-corrected chi connectivity index (χ1v) is 9.45. The minimum Gasteiger partial charge on any atom is -0.450 e. The normalized spacial score (nSPS) is 10.1. The molecular weight excluding hydrogens is 385 g/mol. The first kappa shape index (κ1) is 20.3. The number of esters is 2. The zero-order valence-electron chi connectivity index (χ0n) is 15.7. The number of rotatable bonds is 7. The number of carbonyl (C=O) groups is 2. The summed E-state index contributed by atoms with van der Waals surface area (Å²) in [4.78, 5) is 25.3. The zero-order chi connectivity index (χ0) is 20.6. The second-order valence-corrected chi connectivity index (χ2v) is 6.77. The summed E-state index contributed by atoms with van der Waals surface area (Å²) in [5, 5.41) is 0.143. The van der Waals surface area contributed by atoms with E-state index in [9.17, 15) is 9.59 Å². The maximum atomic E-state index is 11.9. The van der Waals surface area contributed by atoms with E-state index in [0.29, 0.717) is 5.75 Å². The minimum atomic E-state index is -0.666. The number of ether oxygens (including phenoxy) is 2. The topological polar surface area (TPSA) is 55.8 Å². The maximum Gasteiger partial charge on any atom is 0.349 e. The number of anilines is 3. The summed E-state index contributed by atoms with van der Waals surface area (Å²) in [6.07, 6.45) is 0. The molecule has 0 aromatic heterocycles. The summed E-state index contributed by atoms with van der Waals surface area (Å²) in [5.41, 5.74) is 2.92. The molecular formula is C23H20NO4P. The van der Waals surface area contributed by atoms with Crippen molar-refractivity contribution in [3.8, 4) is 5.75 Å². The van der Waals surface area contributed by atoms with Gasteiger partial charge in [0.15, 0.2) is 6.61 Å². The second kappa shape index (κ2) is 9.67. The molecule has 0 amide bonds. The van der Waals surface area contributed by atoms with Gasteiger partial charge in [-0.3, -0.25) is 0 Å². The first-order chi connectivity index (χ1) is 14.0. The minimum absolute atomic E-state index is 0.143. The van der Waals surface area contributed by atoms with Crippen LogP contribution in [0.2, 0.25) is 0 Å². The lowest BCUT2D eigenvalue weighted by Crippen LogP contribution is -2.18. The van der Waals surface area contributed by atoms with Crippen LogP contribution < -0.4 is 9.64 Å². The monoisotopic (exact) mass is 405 g/mol. The van der Waals surface area contributed by atoms with E-state index in [2.05, 4.69) is 20.7 Å². The lowest BCUT2D eigenvalue weighted by molar-refractivity contribution is -0.150. The predicted octanol–water partition coefficient (Wildman–Crippen LogP) is 4.99. The average Bonchev–Trinajstić information content (AvgIpc) is 2.75. The number of hydrogen-bond donors (Lipinski definition) is 0. The van der Waals surface area contributed by atoms with Crippen molar-refractivity contribution >= 4 is 38.2 Å². The zero-order valence-corrected chi connectivity index (χ0v) is 16.8. The summed E-state index contributed by atoms with van der Waals surface area (Å²) in [7, 11) is 2.12. The fourth-order valence-electron chi connectivity index (χ4n) is 2.64. The highest BCUT2D eigenvalue weighted by atomic mass is 31.0. The van der Waals surface area contributed by atoms with Crippen LogP contribution in [0.25, 0.3) is 0 Å². The second-order valence-electron chi connectivity index (χ2n) is 6.08. The number of nitrogens with zero attached hydrogens (tertiary/aromatic N) is 1. The highest BCUT2D eigenvalue weighted by Crippen LogP contribution is 2.34. The predicted molar refractivity (Wildman–Crippen MR) is 117 cm³/mol. The number of para-hydroxylation sites is 2. The van der Waals surface area contributed by atoms with Crippen LogP contribution in [0.4, 0.5) is 17.1 Å². The van der Waals surface area contributed by atoms with E-state index >= 15 is 0 Å². The summed E-state index contributed by atoms with van der Waals surface area (Å²) in [5.74, 6) is -0.968. The SMILES string of the molecule is C=C(P)C(=O)OCC(=O)Oc1ccc(N(c2ccccc2)c2ccccc2)cc1. The molecule has 146 valence electrons. The fraction of sp³-hybridized carbons (Fsp3) is 0.0435. The van der Waals surface area contributed by atoms with Crippen LogP contribution in [0.15, 0.2) is 96.8 Å². The number of benzene rings is 3. The Balaban J connectivity index is 1.75. The Morgan fingerprint density at radius 1 is 0.793 bits per heavy atom. The van der Waals surface area contributed by atoms with Crippen LogP contribution in [0.3, 0.4) is 0 Å². The molecule has 0 bridgehead atoms. The van der Waals surface area contributed by atoms with Gasteiger partial charge in [-0.1, -0.05) is 52.2 Å². The van der Waals surface area contributed by atoms with Crippen LogP contribution in [0.1, 0.15) is 0 Å². The van der Waals surface area contributed by atoms with E-state index in [1.807, 2.05) is 72.8 Å². The van der Waals surface area contributed by atoms with Crippen LogP contribution in [0.5, 0.6) is 5.75 Å². The van der Waals surface area contributed by atoms with Gasteiger partial charge >= 0.3 is 11.9 Å². The summed E-state index contributed by atoms with van der Waals surface area (Å²) < 4.78 is 9.99. The Morgan fingerprint density at radius 3 is 1.76 bits per heavy atom. The number of hydrogen-bond acceptors (Lipinski definition) is 5. The van der Waals surface area contributed by atoms with Crippen LogP contribution in [0, 0.1) is 0 Å². The van der Waals surface area contributed by atoms with Gasteiger partial charge in [0, 0.05) is 22.4 Å². The van der Waals surface area contributed by atoms with Crippen LogP contribution in [-0.4, -0.2) is 18.5 Å². The Bertz CT molecular complexity index is 949. The van der Waals surface area contributed by atoms with E-state index in [4.69, 9.17) is 9.47 Å². The molecule has 0 saturated carbocycles.